The topological polar surface area (TPSA) is 56.2 Å². The summed E-state index contributed by atoms with van der Waals surface area (Å²) in [5.41, 5.74) is 0.957. The van der Waals surface area contributed by atoms with Crippen LogP contribution in [0.5, 0.6) is 5.75 Å². The second-order valence-electron chi connectivity index (χ2n) is 6.59. The second-order valence-corrected chi connectivity index (χ2v) is 8.99. The molecule has 1 heterocycles. The Morgan fingerprint density at radius 3 is 2.50 bits per heavy atom. The molecule has 0 unspecified atom stereocenters. The van der Waals surface area contributed by atoms with Gasteiger partial charge in [0.1, 0.15) is 5.75 Å². The van der Waals surface area contributed by atoms with Crippen molar-refractivity contribution in [1.29, 1.82) is 0 Å². The summed E-state index contributed by atoms with van der Waals surface area (Å²) in [5, 5.41) is 8.80. The number of carbonyl (C=O) groups is 1. The molecule has 0 aliphatic heterocycles. The SMILES string of the molecule is O=C(Nc1ccccc1Sc1ccc(Cl)cc1)c1ccn(COc2ccc(Cl)cc2Cl)n1. The molecule has 0 bridgehead atoms. The van der Waals surface area contributed by atoms with Crippen LogP contribution in [0.2, 0.25) is 15.1 Å². The molecule has 1 N–H and O–H groups in total. The molecule has 0 radical (unpaired) electrons. The molecule has 5 nitrogen and oxygen atoms in total. The van der Waals surface area contributed by atoms with E-state index in [2.05, 4.69) is 10.4 Å². The van der Waals surface area contributed by atoms with Crippen LogP contribution in [0.25, 0.3) is 0 Å². The Kier molecular flexibility index (Phi) is 7.27. The van der Waals surface area contributed by atoms with Crippen LogP contribution in [0.1, 0.15) is 10.5 Å². The number of para-hydroxylation sites is 1. The number of carbonyl (C=O) groups excluding carboxylic acids is 1. The first-order valence-corrected chi connectivity index (χ1v) is 11.4. The largest absolute Gasteiger partial charge is 0.470 e. The van der Waals surface area contributed by atoms with Gasteiger partial charge >= 0.3 is 0 Å². The molecule has 4 aromatic rings. The van der Waals surface area contributed by atoms with Crippen molar-refractivity contribution in [3.8, 4) is 5.75 Å². The van der Waals surface area contributed by atoms with Crippen LogP contribution in [-0.4, -0.2) is 15.7 Å². The first-order valence-electron chi connectivity index (χ1n) is 9.43. The number of halogens is 3. The fourth-order valence-corrected chi connectivity index (χ4v) is 4.25. The lowest BCUT2D eigenvalue weighted by molar-refractivity contribution is 0.102. The Bertz CT molecular complexity index is 1250. The predicted octanol–water partition coefficient (Wildman–Crippen LogP) is 7.28. The van der Waals surface area contributed by atoms with Crippen molar-refractivity contribution in [2.75, 3.05) is 5.32 Å². The van der Waals surface area contributed by atoms with Crippen molar-refractivity contribution < 1.29 is 9.53 Å². The van der Waals surface area contributed by atoms with Crippen LogP contribution in [0.4, 0.5) is 5.69 Å². The summed E-state index contributed by atoms with van der Waals surface area (Å²) in [6.07, 6.45) is 1.66. The lowest BCUT2D eigenvalue weighted by Crippen LogP contribution is -2.14. The number of nitrogens with zero attached hydrogens (tertiary/aromatic N) is 2. The molecule has 0 aliphatic rings. The predicted molar refractivity (Wildman–Crippen MR) is 129 cm³/mol. The molecule has 4 rings (SSSR count). The van der Waals surface area contributed by atoms with Crippen molar-refractivity contribution in [3.63, 3.8) is 0 Å². The van der Waals surface area contributed by atoms with E-state index >= 15 is 0 Å². The van der Waals surface area contributed by atoms with Gasteiger partial charge < -0.3 is 10.1 Å². The van der Waals surface area contributed by atoms with Gasteiger partial charge in [0.15, 0.2) is 12.4 Å². The third-order valence-corrected chi connectivity index (χ3v) is 6.16. The highest BCUT2D eigenvalue weighted by Crippen LogP contribution is 2.34. The zero-order chi connectivity index (χ0) is 22.5. The molecule has 1 amide bonds. The van der Waals surface area contributed by atoms with Gasteiger partial charge in [-0.1, -0.05) is 58.7 Å². The van der Waals surface area contributed by atoms with E-state index in [0.29, 0.717) is 26.5 Å². The maximum atomic E-state index is 12.8. The molecule has 162 valence electrons. The molecular weight excluding hydrogens is 489 g/mol. The van der Waals surface area contributed by atoms with E-state index in [4.69, 9.17) is 39.5 Å². The van der Waals surface area contributed by atoms with Crippen LogP contribution >= 0.6 is 46.6 Å². The average molecular weight is 505 g/mol. The number of hydrogen-bond donors (Lipinski definition) is 1. The Labute approximate surface area is 204 Å². The smallest absolute Gasteiger partial charge is 0.276 e. The summed E-state index contributed by atoms with van der Waals surface area (Å²) in [4.78, 5) is 14.7. The van der Waals surface area contributed by atoms with Gasteiger partial charge in [0.05, 0.1) is 10.7 Å². The molecule has 0 atom stereocenters. The fourth-order valence-electron chi connectivity index (χ4n) is 2.76. The number of aromatic nitrogens is 2. The van der Waals surface area contributed by atoms with Crippen LogP contribution in [0.3, 0.4) is 0 Å². The van der Waals surface area contributed by atoms with Gasteiger partial charge in [0.2, 0.25) is 0 Å². The van der Waals surface area contributed by atoms with Crippen LogP contribution in [0, 0.1) is 0 Å². The number of amides is 1. The maximum Gasteiger partial charge on any atom is 0.276 e. The maximum absolute atomic E-state index is 12.8. The van der Waals surface area contributed by atoms with E-state index in [1.165, 1.54) is 16.4 Å². The number of benzene rings is 3. The number of nitrogens with one attached hydrogen (secondary N) is 1. The van der Waals surface area contributed by atoms with E-state index < -0.39 is 0 Å². The van der Waals surface area contributed by atoms with Crippen molar-refractivity contribution in [2.45, 2.75) is 16.5 Å². The third-order valence-electron chi connectivity index (χ3n) is 4.30. The summed E-state index contributed by atoms with van der Waals surface area (Å²) in [6, 6.07) is 21.7. The molecule has 9 heteroatoms. The molecule has 1 aromatic heterocycles. The second kappa shape index (κ2) is 10.3. The third kappa shape index (κ3) is 5.78. The Morgan fingerprint density at radius 1 is 0.969 bits per heavy atom. The molecular formula is C23H16Cl3N3O2S. The number of anilines is 1. The van der Waals surface area contributed by atoms with Gasteiger partial charge in [0, 0.05) is 26.0 Å². The quantitative estimate of drug-likeness (QED) is 0.287. The van der Waals surface area contributed by atoms with Gasteiger partial charge in [-0.25, -0.2) is 4.68 Å². The molecule has 32 heavy (non-hydrogen) atoms. The number of ether oxygens (including phenoxy) is 1. The Hall–Kier alpha value is -2.64. The molecule has 3 aromatic carbocycles. The first kappa shape index (κ1) is 22.6. The summed E-state index contributed by atoms with van der Waals surface area (Å²) in [7, 11) is 0. The summed E-state index contributed by atoms with van der Waals surface area (Å²) < 4.78 is 7.16. The fraction of sp³-hybridized carbons (Fsp3) is 0.0435. The molecule has 0 saturated heterocycles. The van der Waals surface area contributed by atoms with Crippen molar-refractivity contribution in [1.82, 2.24) is 9.78 Å². The van der Waals surface area contributed by atoms with E-state index in [0.717, 1.165) is 9.79 Å². The zero-order valence-electron chi connectivity index (χ0n) is 16.5. The van der Waals surface area contributed by atoms with E-state index in [1.54, 1.807) is 30.5 Å². The van der Waals surface area contributed by atoms with E-state index in [9.17, 15) is 4.79 Å². The minimum atomic E-state index is -0.322. The van der Waals surface area contributed by atoms with Crippen LogP contribution < -0.4 is 10.1 Å². The molecule has 0 fully saturated rings. The summed E-state index contributed by atoms with van der Waals surface area (Å²) in [5.74, 6) is 0.156. The number of rotatable bonds is 7. The zero-order valence-corrected chi connectivity index (χ0v) is 19.6. The van der Waals surface area contributed by atoms with Crippen LogP contribution in [-0.2, 0) is 6.73 Å². The minimum Gasteiger partial charge on any atom is -0.470 e. The van der Waals surface area contributed by atoms with Gasteiger partial charge in [-0.05, 0) is 60.7 Å². The lowest BCUT2D eigenvalue weighted by atomic mass is 10.3. The van der Waals surface area contributed by atoms with Gasteiger partial charge in [-0.3, -0.25) is 4.79 Å². The van der Waals surface area contributed by atoms with Crippen molar-refractivity contribution in [3.05, 3.63) is 99.8 Å². The van der Waals surface area contributed by atoms with Gasteiger partial charge in [-0.2, -0.15) is 5.10 Å². The van der Waals surface area contributed by atoms with Gasteiger partial charge in [0.25, 0.3) is 5.91 Å². The highest BCUT2D eigenvalue weighted by Gasteiger charge is 2.13. The molecule has 0 aliphatic carbocycles. The average Bonchev–Trinajstić information content (AvgIpc) is 3.25. The highest BCUT2D eigenvalue weighted by molar-refractivity contribution is 7.99. The van der Waals surface area contributed by atoms with Crippen molar-refractivity contribution >= 4 is 58.2 Å². The summed E-state index contributed by atoms with van der Waals surface area (Å²) >= 11 is 19.5. The molecule has 0 spiro atoms. The van der Waals surface area contributed by atoms with Crippen molar-refractivity contribution in [2.24, 2.45) is 0 Å². The lowest BCUT2D eigenvalue weighted by Gasteiger charge is -2.10. The van der Waals surface area contributed by atoms with Crippen LogP contribution in [0.15, 0.2) is 88.8 Å². The summed E-state index contributed by atoms with van der Waals surface area (Å²) in [6.45, 7) is 0.0949. The van der Waals surface area contributed by atoms with E-state index in [1.807, 2.05) is 48.5 Å². The first-order chi connectivity index (χ1) is 15.5. The number of hydrogen-bond acceptors (Lipinski definition) is 4. The highest BCUT2D eigenvalue weighted by atomic mass is 35.5. The normalized spacial score (nSPS) is 10.7. The van der Waals surface area contributed by atoms with Gasteiger partial charge in [-0.15, -0.1) is 0 Å². The molecule has 0 saturated carbocycles. The minimum absolute atomic E-state index is 0.0949. The van der Waals surface area contributed by atoms with E-state index in [-0.39, 0.29) is 18.3 Å². The monoisotopic (exact) mass is 503 g/mol. The standard InChI is InChI=1S/C23H16Cl3N3O2S/c24-15-5-8-17(9-6-15)32-22-4-2-1-3-19(22)27-23(30)20-11-12-29(28-20)14-31-21-10-7-16(25)13-18(21)26/h1-13H,14H2,(H,27,30). The Balaban J connectivity index is 1.41. The Morgan fingerprint density at radius 2 is 1.72 bits per heavy atom.